The third-order valence-corrected chi connectivity index (χ3v) is 7.17. The van der Waals surface area contributed by atoms with Crippen LogP contribution in [0.5, 0.6) is 0 Å². The fourth-order valence-corrected chi connectivity index (χ4v) is 4.88. The van der Waals surface area contributed by atoms with Gasteiger partial charge >= 0.3 is 0 Å². The zero-order valence-corrected chi connectivity index (χ0v) is 25.3. The van der Waals surface area contributed by atoms with Gasteiger partial charge in [-0.05, 0) is 79.8 Å². The molecule has 0 saturated heterocycles. The summed E-state index contributed by atoms with van der Waals surface area (Å²) in [7, 11) is 1.00. The van der Waals surface area contributed by atoms with E-state index in [-0.39, 0.29) is 39.5 Å². The molecule has 6 N–H and O–H groups in total. The Morgan fingerprint density at radius 1 is 1.10 bits per heavy atom. The van der Waals surface area contributed by atoms with E-state index in [4.69, 9.17) is 39.1 Å². The van der Waals surface area contributed by atoms with Gasteiger partial charge in [-0.1, -0.05) is 57.0 Å². The van der Waals surface area contributed by atoms with Gasteiger partial charge in [0.2, 0.25) is 6.41 Å². The molecule has 1 unspecified atom stereocenters. The topological polar surface area (TPSA) is 108 Å². The van der Waals surface area contributed by atoms with Crippen LogP contribution in [-0.4, -0.2) is 41.4 Å². The predicted octanol–water partition coefficient (Wildman–Crippen LogP) is 6.57. The highest BCUT2D eigenvalue weighted by Gasteiger charge is 2.35. The van der Waals surface area contributed by atoms with E-state index in [9.17, 15) is 13.6 Å². The Hall–Kier alpha value is -1.81. The molecule has 1 amide bonds. The second-order valence-corrected chi connectivity index (χ2v) is 12.3. The second-order valence-electron chi connectivity index (χ2n) is 11.5. The molecule has 1 aliphatic rings. The Morgan fingerprint density at radius 3 is 2.10 bits per heavy atom. The van der Waals surface area contributed by atoms with Crippen molar-refractivity contribution in [1.82, 2.24) is 5.32 Å². The molecule has 1 saturated carbocycles. The molecule has 0 bridgehead atoms. The molecule has 1 aliphatic carbocycles. The molecule has 0 spiro atoms. The minimum absolute atomic E-state index is 0.00481. The highest BCUT2D eigenvalue weighted by Crippen LogP contribution is 2.37. The standard InChI is InChI=1S/C23H28Cl2F2N2O.C5H11NO.CH4O/c1-13(15-6-7-19(26)17(24)8-15)14(2)29-22(11-23(3,4)5)16-9-20(27)18(25)10-21(16)28-12-30;1-5(7)2-4(6)3-5;1-2/h6-10,12-14,22,29H,11H2,1-5H3,(H,28,30);4,7H,2-3,6H2,1H3;2H,1H3/t13?,14-,22+;;/m0../s1. The van der Waals surface area contributed by atoms with E-state index in [1.54, 1.807) is 12.1 Å². The van der Waals surface area contributed by atoms with Crippen molar-refractivity contribution in [1.29, 1.82) is 0 Å². The third-order valence-electron chi connectivity index (χ3n) is 6.59. The van der Waals surface area contributed by atoms with Gasteiger partial charge in [0.1, 0.15) is 11.6 Å². The molecule has 2 aromatic rings. The number of aliphatic hydroxyl groups is 2. The number of carbonyl (C=O) groups excluding carboxylic acids is 1. The number of nitrogens with one attached hydrogen (secondary N) is 2. The van der Waals surface area contributed by atoms with Gasteiger partial charge in [-0.15, -0.1) is 0 Å². The summed E-state index contributed by atoms with van der Waals surface area (Å²) in [5.41, 5.74) is 6.86. The highest BCUT2D eigenvalue weighted by atomic mass is 35.5. The maximum atomic E-state index is 14.3. The highest BCUT2D eigenvalue weighted by molar-refractivity contribution is 6.31. The number of hydrogen-bond acceptors (Lipinski definition) is 5. The Balaban J connectivity index is 0.000000720. The fourth-order valence-electron chi connectivity index (χ4n) is 4.53. The summed E-state index contributed by atoms with van der Waals surface area (Å²) in [6.07, 6.45) is 2.77. The first-order chi connectivity index (χ1) is 18.0. The maximum absolute atomic E-state index is 14.3. The summed E-state index contributed by atoms with van der Waals surface area (Å²) in [5, 5.41) is 22.2. The molecule has 1 fully saturated rings. The first-order valence-corrected chi connectivity index (χ1v) is 13.6. The van der Waals surface area contributed by atoms with Gasteiger partial charge in [-0.25, -0.2) is 8.78 Å². The van der Waals surface area contributed by atoms with Crippen molar-refractivity contribution in [3.05, 3.63) is 63.1 Å². The number of carbonyl (C=O) groups is 1. The van der Waals surface area contributed by atoms with Gasteiger partial charge in [0, 0.05) is 30.9 Å². The lowest BCUT2D eigenvalue weighted by Crippen LogP contribution is -2.49. The predicted molar refractivity (Wildman–Crippen MR) is 156 cm³/mol. The van der Waals surface area contributed by atoms with Crippen molar-refractivity contribution in [3.8, 4) is 0 Å². The second kappa shape index (κ2) is 15.3. The molecular weight excluding hydrogens is 547 g/mol. The first kappa shape index (κ1) is 35.2. The van der Waals surface area contributed by atoms with Crippen LogP contribution in [0, 0.1) is 17.0 Å². The van der Waals surface area contributed by atoms with E-state index in [1.807, 2.05) is 20.8 Å². The van der Waals surface area contributed by atoms with Crippen LogP contribution in [0.1, 0.15) is 83.9 Å². The molecule has 0 heterocycles. The zero-order valence-electron chi connectivity index (χ0n) is 23.8. The molecule has 39 heavy (non-hydrogen) atoms. The number of nitrogens with two attached hydrogens (primary N) is 1. The number of benzene rings is 2. The van der Waals surface area contributed by atoms with Crippen molar-refractivity contribution in [2.24, 2.45) is 11.1 Å². The van der Waals surface area contributed by atoms with Crippen LogP contribution in [-0.2, 0) is 4.79 Å². The Labute approximate surface area is 241 Å². The SMILES string of the molecule is CC(c1ccc(F)c(Cl)c1)[C@H](C)N[C@H](CC(C)(C)C)c1cc(F)c(Cl)cc1NC=O.CC1(O)CC(N)C1.CO. The van der Waals surface area contributed by atoms with Gasteiger partial charge < -0.3 is 26.6 Å². The molecular formula is C29H43Cl2F2N3O3. The lowest BCUT2D eigenvalue weighted by Gasteiger charge is -2.38. The molecule has 10 heteroatoms. The number of halogens is 4. The lowest BCUT2D eigenvalue weighted by molar-refractivity contribution is -0.105. The third kappa shape index (κ3) is 11.3. The Morgan fingerprint density at radius 2 is 1.67 bits per heavy atom. The molecule has 3 rings (SSSR count). The van der Waals surface area contributed by atoms with Gasteiger partial charge in [-0.2, -0.15) is 0 Å². The van der Waals surface area contributed by atoms with Crippen molar-refractivity contribution < 1.29 is 23.8 Å². The average Bonchev–Trinajstić information content (AvgIpc) is 2.82. The molecule has 2 aromatic carbocycles. The van der Waals surface area contributed by atoms with Gasteiger partial charge in [0.15, 0.2) is 0 Å². The van der Waals surface area contributed by atoms with Crippen molar-refractivity contribution >= 4 is 35.3 Å². The van der Waals surface area contributed by atoms with Gasteiger partial charge in [-0.3, -0.25) is 4.79 Å². The van der Waals surface area contributed by atoms with Crippen LogP contribution < -0.4 is 16.4 Å². The summed E-state index contributed by atoms with van der Waals surface area (Å²) in [4.78, 5) is 11.1. The zero-order chi connectivity index (χ0) is 30.1. The monoisotopic (exact) mass is 589 g/mol. The molecule has 6 nitrogen and oxygen atoms in total. The van der Waals surface area contributed by atoms with E-state index in [0.29, 0.717) is 24.1 Å². The Kier molecular flexibility index (Phi) is 13.8. The van der Waals surface area contributed by atoms with Crippen LogP contribution in [0.25, 0.3) is 0 Å². The summed E-state index contributed by atoms with van der Waals surface area (Å²) in [6.45, 7) is 12.1. The minimum Gasteiger partial charge on any atom is -0.400 e. The normalized spacial score (nSPS) is 20.7. The summed E-state index contributed by atoms with van der Waals surface area (Å²) >= 11 is 11.9. The van der Waals surface area contributed by atoms with Gasteiger partial charge in [0.25, 0.3) is 0 Å². The number of hydrogen-bond donors (Lipinski definition) is 5. The first-order valence-electron chi connectivity index (χ1n) is 12.9. The average molecular weight is 591 g/mol. The molecule has 0 radical (unpaired) electrons. The van der Waals surface area contributed by atoms with Crippen molar-refractivity contribution in [2.45, 2.75) is 90.4 Å². The maximum Gasteiger partial charge on any atom is 0.211 e. The van der Waals surface area contributed by atoms with Gasteiger partial charge in [0.05, 0.1) is 15.6 Å². The van der Waals surface area contributed by atoms with E-state index >= 15 is 0 Å². The Bertz CT molecular complexity index is 1070. The lowest BCUT2D eigenvalue weighted by atomic mass is 9.78. The van der Waals surface area contributed by atoms with Crippen molar-refractivity contribution in [2.75, 3.05) is 12.4 Å². The molecule has 0 aromatic heterocycles. The number of aliphatic hydroxyl groups excluding tert-OH is 1. The summed E-state index contributed by atoms with van der Waals surface area (Å²) in [5.74, 6) is -1.000. The number of amides is 1. The summed E-state index contributed by atoms with van der Waals surface area (Å²) < 4.78 is 27.8. The fraction of sp³-hybridized carbons (Fsp3) is 0.552. The minimum atomic E-state index is -0.546. The van der Waals surface area contributed by atoms with E-state index in [2.05, 4.69) is 31.4 Å². The van der Waals surface area contributed by atoms with Crippen molar-refractivity contribution in [3.63, 3.8) is 0 Å². The van der Waals surface area contributed by atoms with E-state index in [1.165, 1.54) is 18.2 Å². The van der Waals surface area contributed by atoms with Crippen LogP contribution in [0.3, 0.4) is 0 Å². The number of rotatable bonds is 8. The van der Waals surface area contributed by atoms with E-state index < -0.39 is 17.2 Å². The largest absolute Gasteiger partial charge is 0.400 e. The molecule has 0 aliphatic heterocycles. The quantitative estimate of drug-likeness (QED) is 0.224. The smallest absolute Gasteiger partial charge is 0.211 e. The van der Waals surface area contributed by atoms with Crippen LogP contribution in [0.2, 0.25) is 10.0 Å². The number of anilines is 1. The summed E-state index contributed by atoms with van der Waals surface area (Å²) in [6, 6.07) is 7.43. The van der Waals surface area contributed by atoms with Crippen LogP contribution in [0.4, 0.5) is 14.5 Å². The molecule has 220 valence electrons. The van der Waals surface area contributed by atoms with E-state index in [0.717, 1.165) is 25.5 Å². The van der Waals surface area contributed by atoms with Crippen LogP contribution in [0.15, 0.2) is 30.3 Å². The molecule has 3 atom stereocenters. The van der Waals surface area contributed by atoms with Crippen LogP contribution >= 0.6 is 23.2 Å².